The third-order valence-corrected chi connectivity index (χ3v) is 3.60. The summed E-state index contributed by atoms with van der Waals surface area (Å²) in [5, 5.41) is 14.5. The van der Waals surface area contributed by atoms with Gasteiger partial charge in [0.2, 0.25) is 0 Å². The number of aliphatic hydroxyl groups is 1. The van der Waals surface area contributed by atoms with Gasteiger partial charge in [0.05, 0.1) is 32.3 Å². The van der Waals surface area contributed by atoms with Gasteiger partial charge in [-0.3, -0.25) is 4.79 Å². The molecule has 0 aliphatic heterocycles. The van der Waals surface area contributed by atoms with E-state index in [0.29, 0.717) is 5.57 Å². The van der Waals surface area contributed by atoms with E-state index in [0.717, 1.165) is 0 Å². The monoisotopic (exact) mass is 492 g/mol. The number of amides is 2. The normalized spacial score (nSPS) is 11.3. The fourth-order valence-electron chi connectivity index (χ4n) is 1.83. The molecule has 1 unspecified atom stereocenters. The van der Waals surface area contributed by atoms with Gasteiger partial charge in [0, 0.05) is 18.7 Å². The summed E-state index contributed by atoms with van der Waals surface area (Å²) in [6, 6.07) is 0. The lowest BCUT2D eigenvalue weighted by Crippen LogP contribution is -2.34. The topological polar surface area (TPSA) is 168 Å². The molecular formula is C21H36N2O11. The lowest BCUT2D eigenvalue weighted by atomic mass is 10.2. The molecule has 0 aromatic heterocycles. The van der Waals surface area contributed by atoms with Crippen LogP contribution in [0.5, 0.6) is 0 Å². The number of alkyl carbamates (subject to hydrolysis) is 2. The molecule has 2 amide bonds. The van der Waals surface area contributed by atoms with E-state index in [1.807, 2.05) is 0 Å². The number of ether oxygens (including phenoxy) is 6. The van der Waals surface area contributed by atoms with Crippen molar-refractivity contribution in [3.63, 3.8) is 0 Å². The first-order valence-electron chi connectivity index (χ1n) is 10.8. The molecule has 0 aromatic rings. The minimum atomic E-state index is -1.21. The molecule has 1 atom stereocenters. The smallest absolute Gasteiger partial charge is 0.407 e. The number of aliphatic hydroxyl groups excluding tert-OH is 1. The first kappa shape index (κ1) is 31.1. The minimum absolute atomic E-state index is 0.0680. The van der Waals surface area contributed by atoms with Crippen LogP contribution in [0.2, 0.25) is 0 Å². The zero-order valence-corrected chi connectivity index (χ0v) is 20.0. The lowest BCUT2D eigenvalue weighted by molar-refractivity contribution is -0.148. The molecule has 0 bridgehead atoms. The van der Waals surface area contributed by atoms with E-state index >= 15 is 0 Å². The minimum Gasteiger partial charge on any atom is -0.463 e. The van der Waals surface area contributed by atoms with Crippen molar-refractivity contribution in [3.05, 3.63) is 12.2 Å². The van der Waals surface area contributed by atoms with Gasteiger partial charge in [0.25, 0.3) is 0 Å². The van der Waals surface area contributed by atoms with Crippen molar-refractivity contribution in [2.45, 2.75) is 26.9 Å². The van der Waals surface area contributed by atoms with Crippen LogP contribution in [0.1, 0.15) is 20.8 Å². The van der Waals surface area contributed by atoms with E-state index in [4.69, 9.17) is 28.4 Å². The maximum Gasteiger partial charge on any atom is 0.407 e. The van der Waals surface area contributed by atoms with E-state index in [2.05, 4.69) is 17.2 Å². The predicted octanol–water partition coefficient (Wildman–Crippen LogP) is 0.151. The number of carbonyl (C=O) groups is 4. The van der Waals surface area contributed by atoms with E-state index in [9.17, 15) is 24.3 Å². The Morgan fingerprint density at radius 3 is 1.68 bits per heavy atom. The van der Waals surface area contributed by atoms with Gasteiger partial charge in [0.1, 0.15) is 32.5 Å². The number of hydrogen-bond acceptors (Lipinski definition) is 11. The maximum absolute atomic E-state index is 11.5. The largest absolute Gasteiger partial charge is 0.463 e. The van der Waals surface area contributed by atoms with Gasteiger partial charge in [-0.05, 0) is 6.92 Å². The summed E-state index contributed by atoms with van der Waals surface area (Å²) in [5.41, 5.74) is 0.293. The zero-order chi connectivity index (χ0) is 25.8. The summed E-state index contributed by atoms with van der Waals surface area (Å²) in [7, 11) is 0. The molecule has 196 valence electrons. The van der Waals surface area contributed by atoms with Crippen molar-refractivity contribution in [3.8, 4) is 0 Å². The molecule has 0 heterocycles. The summed E-state index contributed by atoms with van der Waals surface area (Å²) in [6.07, 6.45) is -2.76. The highest BCUT2D eigenvalue weighted by atomic mass is 16.6. The average molecular weight is 493 g/mol. The Bertz CT molecular complexity index is 640. The maximum atomic E-state index is 11.5. The molecule has 34 heavy (non-hydrogen) atoms. The average Bonchev–Trinajstić information content (AvgIpc) is 2.79. The van der Waals surface area contributed by atoms with Crippen molar-refractivity contribution >= 4 is 24.1 Å². The quantitative estimate of drug-likeness (QED) is 0.103. The molecule has 13 nitrogen and oxygen atoms in total. The molecule has 0 radical (unpaired) electrons. The van der Waals surface area contributed by atoms with Crippen molar-refractivity contribution in [1.82, 2.24) is 10.6 Å². The molecule has 3 N–H and O–H groups in total. The Kier molecular flexibility index (Phi) is 17.9. The van der Waals surface area contributed by atoms with Crippen LogP contribution in [0, 0.1) is 5.92 Å². The molecule has 13 heteroatoms. The molecule has 0 fully saturated rings. The van der Waals surface area contributed by atoms with Gasteiger partial charge in [-0.1, -0.05) is 20.4 Å². The van der Waals surface area contributed by atoms with Crippen LogP contribution >= 0.6 is 0 Å². The van der Waals surface area contributed by atoms with Gasteiger partial charge in [-0.2, -0.15) is 0 Å². The van der Waals surface area contributed by atoms with Crippen LogP contribution in [-0.4, -0.2) is 101 Å². The standard InChI is InChI=1S/C21H36N2O11/c1-15(2)18(25)31-11-9-29-7-5-22-20(27)33-13-17(24)14-34-21(28)23-6-8-30-10-12-32-19(26)16(3)4/h16-17,24H,1,5-14H2,2-4H3,(H,22,27)(H,23,28). The summed E-state index contributed by atoms with van der Waals surface area (Å²) in [5.74, 6) is -1.02. The summed E-state index contributed by atoms with van der Waals surface area (Å²) in [4.78, 5) is 45.4. The molecule has 0 aliphatic rings. The van der Waals surface area contributed by atoms with E-state index in [1.165, 1.54) is 6.92 Å². The van der Waals surface area contributed by atoms with Crippen molar-refractivity contribution < 1.29 is 52.7 Å². The fraction of sp³-hybridized carbons (Fsp3) is 0.714. The molecular weight excluding hydrogens is 456 g/mol. The van der Waals surface area contributed by atoms with Crippen molar-refractivity contribution in [1.29, 1.82) is 0 Å². The van der Waals surface area contributed by atoms with E-state index in [-0.39, 0.29) is 77.8 Å². The van der Waals surface area contributed by atoms with Crippen molar-refractivity contribution in [2.24, 2.45) is 5.92 Å². The Morgan fingerprint density at radius 1 is 0.765 bits per heavy atom. The van der Waals surface area contributed by atoms with Crippen LogP contribution in [0.3, 0.4) is 0 Å². The second-order valence-corrected chi connectivity index (χ2v) is 7.17. The molecule has 0 aliphatic carbocycles. The molecule has 0 saturated carbocycles. The number of esters is 2. The summed E-state index contributed by atoms with van der Waals surface area (Å²) < 4.78 is 29.7. The molecule has 0 spiro atoms. The predicted molar refractivity (Wildman–Crippen MR) is 118 cm³/mol. The summed E-state index contributed by atoms with van der Waals surface area (Å²) in [6.45, 7) is 8.88. The van der Waals surface area contributed by atoms with Gasteiger partial charge < -0.3 is 44.2 Å². The first-order chi connectivity index (χ1) is 16.1. The Morgan fingerprint density at radius 2 is 1.24 bits per heavy atom. The number of rotatable bonds is 18. The third-order valence-electron chi connectivity index (χ3n) is 3.60. The van der Waals surface area contributed by atoms with Gasteiger partial charge in [0.15, 0.2) is 0 Å². The second kappa shape index (κ2) is 19.6. The first-order valence-corrected chi connectivity index (χ1v) is 10.8. The number of carbonyl (C=O) groups excluding carboxylic acids is 4. The molecule has 0 aromatic carbocycles. The second-order valence-electron chi connectivity index (χ2n) is 7.17. The zero-order valence-electron chi connectivity index (χ0n) is 20.0. The van der Waals surface area contributed by atoms with Crippen LogP contribution in [-0.2, 0) is 38.0 Å². The van der Waals surface area contributed by atoms with E-state index in [1.54, 1.807) is 13.8 Å². The number of nitrogens with one attached hydrogen (secondary N) is 2. The molecule has 0 saturated heterocycles. The van der Waals surface area contributed by atoms with Crippen LogP contribution in [0.25, 0.3) is 0 Å². The Balaban J connectivity index is 3.58. The van der Waals surface area contributed by atoms with Crippen LogP contribution in [0.15, 0.2) is 12.2 Å². The van der Waals surface area contributed by atoms with E-state index < -0.39 is 24.3 Å². The van der Waals surface area contributed by atoms with Crippen molar-refractivity contribution in [2.75, 3.05) is 65.9 Å². The fourth-order valence-corrected chi connectivity index (χ4v) is 1.83. The lowest BCUT2D eigenvalue weighted by Gasteiger charge is -2.13. The third kappa shape index (κ3) is 18.7. The summed E-state index contributed by atoms with van der Waals surface area (Å²) >= 11 is 0. The Hall–Kier alpha value is -2.90. The highest BCUT2D eigenvalue weighted by Crippen LogP contribution is 1.95. The van der Waals surface area contributed by atoms with Gasteiger partial charge >= 0.3 is 24.1 Å². The van der Waals surface area contributed by atoms with Gasteiger partial charge in [-0.25, -0.2) is 14.4 Å². The highest BCUT2D eigenvalue weighted by molar-refractivity contribution is 5.86. The molecule has 0 rings (SSSR count). The SMILES string of the molecule is C=C(C)C(=O)OCCOCCNC(=O)OCC(O)COC(=O)NCCOCCOC(=O)C(C)C. The van der Waals surface area contributed by atoms with Gasteiger partial charge in [-0.15, -0.1) is 0 Å². The Labute approximate surface area is 199 Å². The number of hydrogen-bond donors (Lipinski definition) is 3. The van der Waals surface area contributed by atoms with Crippen LogP contribution < -0.4 is 10.6 Å². The highest BCUT2D eigenvalue weighted by Gasteiger charge is 2.12. The van der Waals surface area contributed by atoms with Crippen LogP contribution in [0.4, 0.5) is 9.59 Å².